The lowest BCUT2D eigenvalue weighted by atomic mass is 10.0. The second kappa shape index (κ2) is 9.44. The molecule has 0 aliphatic rings. The second-order valence-electron chi connectivity index (χ2n) is 7.60. The molecule has 0 saturated heterocycles. The first-order valence-corrected chi connectivity index (χ1v) is 11.8. The van der Waals surface area contributed by atoms with Gasteiger partial charge in [0.05, 0.1) is 11.9 Å². The van der Waals surface area contributed by atoms with Crippen molar-refractivity contribution >= 4 is 21.6 Å². The van der Waals surface area contributed by atoms with Crippen molar-refractivity contribution in [2.75, 3.05) is 17.1 Å². The van der Waals surface area contributed by atoms with E-state index in [-0.39, 0.29) is 12.5 Å². The molecule has 29 heavy (non-hydrogen) atoms. The molecule has 0 spiro atoms. The topological polar surface area (TPSA) is 66.5 Å². The molecular formula is C23H32N2O3S. The number of sulfonamides is 1. The molecular weight excluding hydrogens is 384 g/mol. The van der Waals surface area contributed by atoms with Crippen molar-refractivity contribution in [2.24, 2.45) is 0 Å². The number of nitrogens with zero attached hydrogens (tertiary/aromatic N) is 1. The third-order valence-corrected chi connectivity index (χ3v) is 6.22. The molecule has 0 aliphatic carbocycles. The summed E-state index contributed by atoms with van der Waals surface area (Å²) in [6.07, 6.45) is 2.95. The minimum atomic E-state index is -3.60. The Bertz CT molecular complexity index is 974. The summed E-state index contributed by atoms with van der Waals surface area (Å²) in [5.74, 6) is -0.321. The lowest BCUT2D eigenvalue weighted by Gasteiger charge is -2.26. The first kappa shape index (κ1) is 22.9. The zero-order chi connectivity index (χ0) is 21.8. The Morgan fingerprint density at radius 1 is 0.966 bits per heavy atom. The maximum atomic E-state index is 12.7. The molecule has 0 heterocycles. The number of benzene rings is 2. The predicted molar refractivity (Wildman–Crippen MR) is 120 cm³/mol. The van der Waals surface area contributed by atoms with Gasteiger partial charge >= 0.3 is 0 Å². The normalized spacial score (nSPS) is 11.4. The summed E-state index contributed by atoms with van der Waals surface area (Å²) in [6, 6.07) is 10.2. The van der Waals surface area contributed by atoms with Gasteiger partial charge in [0.2, 0.25) is 15.9 Å². The van der Waals surface area contributed by atoms with Gasteiger partial charge in [0.25, 0.3) is 0 Å². The zero-order valence-electron chi connectivity index (χ0n) is 18.3. The minimum Gasteiger partial charge on any atom is -0.350 e. The molecule has 1 N–H and O–H groups in total. The molecule has 158 valence electrons. The van der Waals surface area contributed by atoms with Crippen molar-refractivity contribution in [3.05, 3.63) is 63.7 Å². The lowest BCUT2D eigenvalue weighted by molar-refractivity contribution is -0.119. The van der Waals surface area contributed by atoms with Crippen LogP contribution in [0.3, 0.4) is 0 Å². The van der Waals surface area contributed by atoms with E-state index in [0.29, 0.717) is 12.2 Å². The maximum absolute atomic E-state index is 12.7. The van der Waals surface area contributed by atoms with Gasteiger partial charge in [-0.2, -0.15) is 0 Å². The minimum absolute atomic E-state index is 0.238. The molecule has 1 amide bonds. The summed E-state index contributed by atoms with van der Waals surface area (Å²) in [5, 5.41) is 2.90. The van der Waals surface area contributed by atoms with Crippen LogP contribution in [0.4, 0.5) is 5.69 Å². The van der Waals surface area contributed by atoms with E-state index in [4.69, 9.17) is 0 Å². The fourth-order valence-electron chi connectivity index (χ4n) is 3.72. The molecule has 0 atom stereocenters. The molecule has 0 aliphatic heterocycles. The van der Waals surface area contributed by atoms with Gasteiger partial charge in [0, 0.05) is 6.54 Å². The Labute approximate surface area is 175 Å². The summed E-state index contributed by atoms with van der Waals surface area (Å²) in [4.78, 5) is 12.7. The van der Waals surface area contributed by atoms with Crippen molar-refractivity contribution in [2.45, 2.75) is 54.0 Å². The van der Waals surface area contributed by atoms with E-state index in [9.17, 15) is 13.2 Å². The van der Waals surface area contributed by atoms with E-state index in [1.54, 1.807) is 0 Å². The number of carbonyl (C=O) groups is 1. The monoisotopic (exact) mass is 416 g/mol. The van der Waals surface area contributed by atoms with Crippen LogP contribution in [0.5, 0.6) is 0 Å². The van der Waals surface area contributed by atoms with Crippen molar-refractivity contribution < 1.29 is 13.2 Å². The molecule has 6 heteroatoms. The van der Waals surface area contributed by atoms with Gasteiger partial charge in [-0.1, -0.05) is 49.7 Å². The second-order valence-corrected chi connectivity index (χ2v) is 9.51. The van der Waals surface area contributed by atoms with Crippen LogP contribution in [-0.2, 0) is 34.2 Å². The van der Waals surface area contributed by atoms with Gasteiger partial charge in [-0.15, -0.1) is 0 Å². The Hall–Kier alpha value is -2.34. The van der Waals surface area contributed by atoms with Gasteiger partial charge in [-0.3, -0.25) is 9.10 Å². The van der Waals surface area contributed by atoms with Crippen molar-refractivity contribution in [1.29, 1.82) is 0 Å². The number of rotatable bonds is 8. The van der Waals surface area contributed by atoms with Crippen LogP contribution >= 0.6 is 0 Å². The van der Waals surface area contributed by atoms with E-state index >= 15 is 0 Å². The largest absolute Gasteiger partial charge is 0.350 e. The van der Waals surface area contributed by atoms with E-state index in [2.05, 4.69) is 37.4 Å². The highest BCUT2D eigenvalue weighted by Gasteiger charge is 2.24. The van der Waals surface area contributed by atoms with Crippen LogP contribution in [0, 0.1) is 20.8 Å². The fourth-order valence-corrected chi connectivity index (χ4v) is 4.69. The maximum Gasteiger partial charge on any atom is 0.241 e. The SMILES string of the molecule is CCc1ccc(CC)c(CNC(=O)CN(c2c(C)cc(C)cc2C)S(C)(=O)=O)c1. The van der Waals surface area contributed by atoms with Crippen LogP contribution < -0.4 is 9.62 Å². The van der Waals surface area contributed by atoms with Gasteiger partial charge < -0.3 is 5.32 Å². The Balaban J connectivity index is 2.23. The number of hydrogen-bond donors (Lipinski definition) is 1. The zero-order valence-corrected chi connectivity index (χ0v) is 19.1. The lowest BCUT2D eigenvalue weighted by Crippen LogP contribution is -2.41. The van der Waals surface area contributed by atoms with Gasteiger partial charge in [0.1, 0.15) is 6.54 Å². The van der Waals surface area contributed by atoms with Gasteiger partial charge in [-0.05, 0) is 61.4 Å². The van der Waals surface area contributed by atoms with E-state index in [1.165, 1.54) is 15.4 Å². The number of aryl methyl sites for hydroxylation is 5. The molecule has 0 radical (unpaired) electrons. The average Bonchev–Trinajstić information content (AvgIpc) is 2.63. The van der Waals surface area contributed by atoms with Crippen LogP contribution in [0.2, 0.25) is 0 Å². The Morgan fingerprint density at radius 3 is 2.10 bits per heavy atom. The van der Waals surface area contributed by atoms with Crippen molar-refractivity contribution in [1.82, 2.24) is 5.32 Å². The van der Waals surface area contributed by atoms with Crippen LogP contribution in [-0.4, -0.2) is 27.1 Å². The number of carbonyl (C=O) groups excluding carboxylic acids is 1. The van der Waals surface area contributed by atoms with E-state index < -0.39 is 10.0 Å². The van der Waals surface area contributed by atoms with Crippen LogP contribution in [0.15, 0.2) is 30.3 Å². The summed E-state index contributed by atoms with van der Waals surface area (Å²) in [7, 11) is -3.60. The molecule has 0 unspecified atom stereocenters. The summed E-state index contributed by atoms with van der Waals surface area (Å²) in [6.45, 7) is 10.0. The van der Waals surface area contributed by atoms with Crippen LogP contribution in [0.25, 0.3) is 0 Å². The molecule has 0 bridgehead atoms. The standard InChI is InChI=1S/C23H32N2O3S/c1-7-19-9-10-20(8-2)21(13-19)14-24-22(26)15-25(29(6,27)28)23-17(4)11-16(3)12-18(23)5/h9-13H,7-8,14-15H2,1-6H3,(H,24,26). The summed E-state index contributed by atoms with van der Waals surface area (Å²) in [5.41, 5.74) is 6.80. The van der Waals surface area contributed by atoms with Gasteiger partial charge in [-0.25, -0.2) is 8.42 Å². The quantitative estimate of drug-likeness (QED) is 0.711. The van der Waals surface area contributed by atoms with Crippen molar-refractivity contribution in [3.8, 4) is 0 Å². The first-order chi connectivity index (χ1) is 13.6. The highest BCUT2D eigenvalue weighted by Crippen LogP contribution is 2.28. The fraction of sp³-hybridized carbons (Fsp3) is 0.435. The number of anilines is 1. The smallest absolute Gasteiger partial charge is 0.241 e. The third-order valence-electron chi connectivity index (χ3n) is 5.11. The van der Waals surface area contributed by atoms with E-state index in [1.807, 2.05) is 32.9 Å². The van der Waals surface area contributed by atoms with Crippen LogP contribution in [0.1, 0.15) is 47.2 Å². The molecule has 2 aromatic carbocycles. The highest BCUT2D eigenvalue weighted by molar-refractivity contribution is 7.92. The summed E-state index contributed by atoms with van der Waals surface area (Å²) >= 11 is 0. The molecule has 2 rings (SSSR count). The average molecular weight is 417 g/mol. The van der Waals surface area contributed by atoms with Gasteiger partial charge in [0.15, 0.2) is 0 Å². The van der Waals surface area contributed by atoms with Crippen molar-refractivity contribution in [3.63, 3.8) is 0 Å². The third kappa shape index (κ3) is 5.82. The molecule has 0 saturated carbocycles. The number of nitrogens with one attached hydrogen (secondary N) is 1. The number of hydrogen-bond acceptors (Lipinski definition) is 3. The Morgan fingerprint density at radius 2 is 1.59 bits per heavy atom. The highest BCUT2D eigenvalue weighted by atomic mass is 32.2. The molecule has 0 aromatic heterocycles. The number of amides is 1. The summed E-state index contributed by atoms with van der Waals surface area (Å²) < 4.78 is 26.1. The molecule has 0 fully saturated rings. The molecule has 5 nitrogen and oxygen atoms in total. The molecule has 2 aromatic rings. The first-order valence-electron chi connectivity index (χ1n) is 9.99. The van der Waals surface area contributed by atoms with E-state index in [0.717, 1.165) is 41.4 Å². The predicted octanol–water partition coefficient (Wildman–Crippen LogP) is 3.82. The Kier molecular flexibility index (Phi) is 7.47.